The molecule has 1 heterocycles. The van der Waals surface area contributed by atoms with Crippen LogP contribution >= 0.6 is 11.3 Å². The first kappa shape index (κ1) is 23.1. The number of rotatable bonds is 7. The second-order valence-corrected chi connectivity index (χ2v) is 9.98. The topological polar surface area (TPSA) is 105 Å². The summed E-state index contributed by atoms with van der Waals surface area (Å²) < 4.78 is 5.62. The van der Waals surface area contributed by atoms with Gasteiger partial charge in [0.05, 0.1) is 0 Å². The van der Waals surface area contributed by atoms with Crippen LogP contribution in [0.2, 0.25) is 0 Å². The first-order valence-corrected chi connectivity index (χ1v) is 12.6. The van der Waals surface area contributed by atoms with Crippen molar-refractivity contribution in [3.05, 3.63) is 82.0 Å². The van der Waals surface area contributed by atoms with Gasteiger partial charge >= 0.3 is 12.1 Å². The van der Waals surface area contributed by atoms with Gasteiger partial charge in [-0.15, -0.1) is 11.3 Å². The highest BCUT2D eigenvalue weighted by atomic mass is 32.1. The summed E-state index contributed by atoms with van der Waals surface area (Å²) in [6, 6.07) is 18.6. The van der Waals surface area contributed by atoms with E-state index in [1.165, 1.54) is 11.3 Å². The summed E-state index contributed by atoms with van der Waals surface area (Å²) in [6.07, 6.45) is 1.48. The Morgan fingerprint density at radius 3 is 2.17 bits per heavy atom. The molecule has 180 valence electrons. The molecular formula is C27H26N2O5S. The van der Waals surface area contributed by atoms with E-state index in [1.54, 1.807) is 17.5 Å². The maximum Gasteiger partial charge on any atom is 0.408 e. The highest BCUT2D eigenvalue weighted by molar-refractivity contribution is 7.10. The zero-order chi connectivity index (χ0) is 24.4. The number of carboxylic acid groups (broad SMARTS) is 1. The summed E-state index contributed by atoms with van der Waals surface area (Å²) >= 11 is 1.31. The van der Waals surface area contributed by atoms with Crippen molar-refractivity contribution in [2.75, 3.05) is 6.61 Å². The molecular weight excluding hydrogens is 464 g/mol. The van der Waals surface area contributed by atoms with E-state index < -0.39 is 29.6 Å². The van der Waals surface area contributed by atoms with Gasteiger partial charge in [-0.25, -0.2) is 9.59 Å². The fraction of sp³-hybridized carbons (Fsp3) is 0.296. The number of carbonyl (C=O) groups is 3. The van der Waals surface area contributed by atoms with Crippen molar-refractivity contribution in [1.29, 1.82) is 0 Å². The average molecular weight is 491 g/mol. The van der Waals surface area contributed by atoms with Gasteiger partial charge in [0.25, 0.3) is 0 Å². The van der Waals surface area contributed by atoms with Gasteiger partial charge in [-0.2, -0.15) is 0 Å². The minimum atomic E-state index is -1.30. The molecule has 5 rings (SSSR count). The number of hydrogen-bond donors (Lipinski definition) is 3. The van der Waals surface area contributed by atoms with Crippen LogP contribution in [0.5, 0.6) is 0 Å². The Kier molecular flexibility index (Phi) is 6.30. The lowest BCUT2D eigenvalue weighted by Gasteiger charge is -2.28. The summed E-state index contributed by atoms with van der Waals surface area (Å²) in [4.78, 5) is 38.6. The Bertz CT molecular complexity index is 1200. The molecule has 1 saturated carbocycles. The summed E-state index contributed by atoms with van der Waals surface area (Å²) in [7, 11) is 0. The Balaban J connectivity index is 1.30. The van der Waals surface area contributed by atoms with Gasteiger partial charge in [0, 0.05) is 10.8 Å². The standard InChI is InChI=1S/C27H26N2O5S/c30-24(29-27(25(31)32)13-5-6-14-27)23(22-12-7-15-35-22)28-26(33)34-16-21-19-10-3-1-8-17(19)18-9-2-4-11-20(18)21/h1-4,7-12,15,21,23H,5-6,13-14,16H2,(H,28,33)(H,29,30)(H,31,32). The van der Waals surface area contributed by atoms with Gasteiger partial charge < -0.3 is 20.5 Å². The van der Waals surface area contributed by atoms with E-state index in [0.29, 0.717) is 17.7 Å². The SMILES string of the molecule is O=C(NC(C(=O)NC1(C(=O)O)CCCC1)c1cccs1)OCC1c2ccccc2-c2ccccc21. The molecule has 7 nitrogen and oxygen atoms in total. The van der Waals surface area contributed by atoms with Crippen molar-refractivity contribution in [2.45, 2.75) is 43.2 Å². The largest absolute Gasteiger partial charge is 0.480 e. The van der Waals surface area contributed by atoms with E-state index in [0.717, 1.165) is 35.1 Å². The van der Waals surface area contributed by atoms with Gasteiger partial charge in [0.1, 0.15) is 18.2 Å². The fourth-order valence-electron chi connectivity index (χ4n) is 5.16. The van der Waals surface area contributed by atoms with E-state index in [1.807, 2.05) is 36.4 Å². The number of hydrogen-bond acceptors (Lipinski definition) is 5. The van der Waals surface area contributed by atoms with E-state index in [9.17, 15) is 19.5 Å². The van der Waals surface area contributed by atoms with E-state index >= 15 is 0 Å². The third kappa shape index (κ3) is 4.41. The van der Waals surface area contributed by atoms with Crippen molar-refractivity contribution < 1.29 is 24.2 Å². The van der Waals surface area contributed by atoms with Gasteiger partial charge in [-0.05, 0) is 46.5 Å². The van der Waals surface area contributed by atoms with Crippen LogP contribution in [0.1, 0.15) is 53.6 Å². The Morgan fingerprint density at radius 1 is 0.971 bits per heavy atom. The number of benzene rings is 2. The molecule has 0 bridgehead atoms. The fourth-order valence-corrected chi connectivity index (χ4v) is 5.93. The molecule has 1 unspecified atom stereocenters. The van der Waals surface area contributed by atoms with Gasteiger partial charge in [0.2, 0.25) is 5.91 Å². The molecule has 0 saturated heterocycles. The highest BCUT2D eigenvalue weighted by Crippen LogP contribution is 2.44. The molecule has 1 aromatic heterocycles. The summed E-state index contributed by atoms with van der Waals surface area (Å²) in [6.45, 7) is 0.123. The minimum absolute atomic E-state index is 0.101. The summed E-state index contributed by atoms with van der Waals surface area (Å²) in [5, 5.41) is 16.9. The molecule has 3 N–H and O–H groups in total. The molecule has 35 heavy (non-hydrogen) atoms. The summed E-state index contributed by atoms with van der Waals surface area (Å²) in [5.41, 5.74) is 3.15. The number of nitrogens with one attached hydrogen (secondary N) is 2. The second-order valence-electron chi connectivity index (χ2n) is 9.00. The molecule has 1 fully saturated rings. The number of fused-ring (bicyclic) bond motifs is 3. The van der Waals surface area contributed by atoms with Crippen LogP contribution in [0.3, 0.4) is 0 Å². The summed E-state index contributed by atoms with van der Waals surface area (Å²) in [5.74, 6) is -1.70. The molecule has 0 spiro atoms. The van der Waals surface area contributed by atoms with Crippen LogP contribution in [-0.2, 0) is 14.3 Å². The zero-order valence-electron chi connectivity index (χ0n) is 19.0. The first-order valence-electron chi connectivity index (χ1n) is 11.7. The van der Waals surface area contributed by atoms with E-state index in [4.69, 9.17) is 4.74 Å². The number of thiophene rings is 1. The maximum absolute atomic E-state index is 13.2. The molecule has 0 radical (unpaired) electrons. The lowest BCUT2D eigenvalue weighted by Crippen LogP contribution is -2.55. The number of ether oxygens (including phenoxy) is 1. The number of aliphatic carboxylic acids is 1. The zero-order valence-corrected chi connectivity index (χ0v) is 19.8. The average Bonchev–Trinajstić information content (AvgIpc) is 3.61. The number of carbonyl (C=O) groups excluding carboxylic acids is 2. The van der Waals surface area contributed by atoms with Crippen LogP contribution in [0, 0.1) is 0 Å². The molecule has 2 aliphatic carbocycles. The molecule has 3 aromatic rings. The molecule has 1 atom stereocenters. The van der Waals surface area contributed by atoms with Crippen molar-refractivity contribution in [3.63, 3.8) is 0 Å². The molecule has 2 aromatic carbocycles. The Morgan fingerprint density at radius 2 is 1.60 bits per heavy atom. The van der Waals surface area contributed by atoms with Gasteiger partial charge in [0.15, 0.2) is 0 Å². The monoisotopic (exact) mass is 490 g/mol. The predicted molar refractivity (Wildman–Crippen MR) is 132 cm³/mol. The lowest BCUT2D eigenvalue weighted by atomic mass is 9.97. The van der Waals surface area contributed by atoms with Crippen molar-refractivity contribution in [1.82, 2.24) is 10.6 Å². The molecule has 2 aliphatic rings. The predicted octanol–water partition coefficient (Wildman–Crippen LogP) is 4.84. The Labute approximate surface area is 207 Å². The van der Waals surface area contributed by atoms with Crippen LogP contribution in [-0.4, -0.2) is 35.2 Å². The quantitative estimate of drug-likeness (QED) is 0.440. The lowest BCUT2D eigenvalue weighted by molar-refractivity contribution is -0.147. The van der Waals surface area contributed by atoms with E-state index in [2.05, 4.69) is 22.8 Å². The van der Waals surface area contributed by atoms with Crippen molar-refractivity contribution in [2.24, 2.45) is 0 Å². The van der Waals surface area contributed by atoms with Crippen LogP contribution in [0.15, 0.2) is 66.0 Å². The number of alkyl carbamates (subject to hydrolysis) is 1. The van der Waals surface area contributed by atoms with Crippen molar-refractivity contribution >= 4 is 29.3 Å². The van der Waals surface area contributed by atoms with Gasteiger partial charge in [-0.1, -0.05) is 67.4 Å². The molecule has 2 amide bonds. The molecule has 8 heteroatoms. The van der Waals surface area contributed by atoms with Gasteiger partial charge in [-0.3, -0.25) is 4.79 Å². The van der Waals surface area contributed by atoms with E-state index in [-0.39, 0.29) is 12.5 Å². The molecule has 0 aliphatic heterocycles. The van der Waals surface area contributed by atoms with Crippen LogP contribution < -0.4 is 10.6 Å². The van der Waals surface area contributed by atoms with Crippen molar-refractivity contribution in [3.8, 4) is 11.1 Å². The number of carboxylic acids is 1. The first-order chi connectivity index (χ1) is 17.0. The van der Waals surface area contributed by atoms with Crippen LogP contribution in [0.4, 0.5) is 4.79 Å². The third-order valence-electron chi connectivity index (χ3n) is 6.92. The Hall–Kier alpha value is -3.65. The smallest absolute Gasteiger partial charge is 0.408 e. The number of amides is 2. The maximum atomic E-state index is 13.2. The normalized spacial score (nSPS) is 16.7. The third-order valence-corrected chi connectivity index (χ3v) is 7.86. The highest BCUT2D eigenvalue weighted by Gasteiger charge is 2.44. The minimum Gasteiger partial charge on any atom is -0.480 e. The van der Waals surface area contributed by atoms with Crippen LogP contribution in [0.25, 0.3) is 11.1 Å². The second kappa shape index (κ2) is 9.54.